The molecule has 0 heterocycles. The van der Waals surface area contributed by atoms with Crippen molar-refractivity contribution in [1.29, 1.82) is 0 Å². The van der Waals surface area contributed by atoms with Crippen LogP contribution in [0.4, 0.5) is 0 Å². The van der Waals surface area contributed by atoms with Gasteiger partial charge in [0.25, 0.3) is 0 Å². The van der Waals surface area contributed by atoms with Gasteiger partial charge in [-0.05, 0) is 165 Å². The van der Waals surface area contributed by atoms with Crippen LogP contribution in [0.5, 0.6) is 0 Å². The maximum absolute atomic E-state index is 12.5. The molecular weight excluding hydrogens is 620 g/mol. The quantitative estimate of drug-likeness (QED) is 0.140. The second kappa shape index (κ2) is 14.9. The number of esters is 4. The lowest BCUT2D eigenvalue weighted by molar-refractivity contribution is -0.211. The van der Waals surface area contributed by atoms with Gasteiger partial charge in [0.15, 0.2) is 0 Å². The van der Waals surface area contributed by atoms with Gasteiger partial charge in [-0.25, -0.2) is 0 Å². The van der Waals surface area contributed by atoms with Gasteiger partial charge in [-0.15, -0.1) is 0 Å². The van der Waals surface area contributed by atoms with E-state index in [4.69, 9.17) is 18.9 Å². The SMILES string of the molecule is CCC(C)(C)C(=O)OCCC(=O)OC1(C)C2CC3CC(C2)CC1C3.CCC(C)(C)C(=O)OCCC(=O)OC1(CC)C2CC3CC(C2)CC1C3. The van der Waals surface area contributed by atoms with Crippen LogP contribution in [0.1, 0.15) is 152 Å². The van der Waals surface area contributed by atoms with Crippen molar-refractivity contribution in [3.63, 3.8) is 0 Å². The van der Waals surface area contributed by atoms with Gasteiger partial charge in [0, 0.05) is 0 Å². The van der Waals surface area contributed by atoms with E-state index in [1.807, 2.05) is 41.5 Å². The van der Waals surface area contributed by atoms with Gasteiger partial charge in [0.1, 0.15) is 24.4 Å². The summed E-state index contributed by atoms with van der Waals surface area (Å²) in [5.74, 6) is 4.69. The Balaban J connectivity index is 0.000000191. The van der Waals surface area contributed by atoms with Crippen molar-refractivity contribution in [2.24, 2.45) is 58.2 Å². The third-order valence-electron chi connectivity index (χ3n) is 14.4. The minimum atomic E-state index is -0.490. The zero-order valence-corrected chi connectivity index (χ0v) is 31.9. The molecule has 0 saturated heterocycles. The average Bonchev–Trinajstić information content (AvgIpc) is 3.05. The largest absolute Gasteiger partial charge is 0.465 e. The summed E-state index contributed by atoms with van der Waals surface area (Å²) in [4.78, 5) is 48.8. The first-order valence-electron chi connectivity index (χ1n) is 19.8. The lowest BCUT2D eigenvalue weighted by atomic mass is 9.49. The third-order valence-corrected chi connectivity index (χ3v) is 14.4. The highest BCUT2D eigenvalue weighted by molar-refractivity contribution is 5.77. The predicted octanol–water partition coefficient (Wildman–Crippen LogP) is 8.62. The van der Waals surface area contributed by atoms with E-state index < -0.39 is 10.8 Å². The first kappa shape index (κ1) is 38.1. The molecule has 8 aliphatic rings. The summed E-state index contributed by atoms with van der Waals surface area (Å²) < 4.78 is 22.7. The molecule has 0 aromatic rings. The van der Waals surface area contributed by atoms with Crippen LogP contribution in [0.3, 0.4) is 0 Å². The molecule has 0 aromatic carbocycles. The molecule has 8 rings (SSSR count). The standard InChI is InChI=1S/C21H34O4.C20H32O4/c1-5-20(3,4)19(23)24-8-7-18(22)25-21(6-2)16-10-14-9-15(12-16)13-17(21)11-14;1-5-19(2,3)18(22)23-7-6-17(21)24-20(4)15-9-13-8-14(11-15)12-16(20)10-13/h14-17H,5-13H2,1-4H3;13-16H,5-12H2,1-4H3. The highest BCUT2D eigenvalue weighted by atomic mass is 16.6. The number of carbonyl (C=O) groups excluding carboxylic acids is 4. The van der Waals surface area contributed by atoms with E-state index in [-0.39, 0.29) is 61.1 Å². The van der Waals surface area contributed by atoms with Gasteiger partial charge in [-0.1, -0.05) is 20.8 Å². The normalized spacial score (nSPS) is 36.8. The van der Waals surface area contributed by atoms with Crippen LogP contribution in [0, 0.1) is 58.2 Å². The van der Waals surface area contributed by atoms with Crippen LogP contribution in [-0.2, 0) is 38.1 Å². The van der Waals surface area contributed by atoms with Crippen LogP contribution >= 0.6 is 0 Å². The van der Waals surface area contributed by atoms with Crippen molar-refractivity contribution in [1.82, 2.24) is 0 Å². The fraction of sp³-hybridized carbons (Fsp3) is 0.902. The molecule has 0 spiro atoms. The number of ether oxygens (including phenoxy) is 4. The molecular formula is C41H66O8. The van der Waals surface area contributed by atoms with Crippen molar-refractivity contribution >= 4 is 23.9 Å². The monoisotopic (exact) mass is 686 g/mol. The second-order valence-corrected chi connectivity index (χ2v) is 18.3. The molecule has 8 aliphatic carbocycles. The third kappa shape index (κ3) is 8.03. The molecule has 0 aliphatic heterocycles. The molecule has 0 N–H and O–H groups in total. The van der Waals surface area contributed by atoms with E-state index in [2.05, 4.69) is 13.8 Å². The van der Waals surface area contributed by atoms with E-state index in [1.54, 1.807) is 0 Å². The number of hydrogen-bond donors (Lipinski definition) is 0. The molecule has 49 heavy (non-hydrogen) atoms. The van der Waals surface area contributed by atoms with Crippen LogP contribution in [-0.4, -0.2) is 48.3 Å². The van der Waals surface area contributed by atoms with Crippen molar-refractivity contribution in [2.45, 2.75) is 163 Å². The molecule has 8 saturated carbocycles. The zero-order chi connectivity index (χ0) is 35.8. The Bertz CT molecular complexity index is 1160. The molecule has 8 bridgehead atoms. The minimum Gasteiger partial charge on any atom is -0.465 e. The summed E-state index contributed by atoms with van der Waals surface area (Å²) >= 11 is 0. The van der Waals surface area contributed by atoms with E-state index in [1.165, 1.54) is 64.2 Å². The number of rotatable bonds is 13. The summed E-state index contributed by atoms with van der Waals surface area (Å²) in [6.07, 6.45) is 15.3. The van der Waals surface area contributed by atoms with E-state index in [0.717, 1.165) is 42.9 Å². The van der Waals surface area contributed by atoms with Gasteiger partial charge >= 0.3 is 23.9 Å². The first-order chi connectivity index (χ1) is 23.0. The Morgan fingerprint density at radius 2 is 0.898 bits per heavy atom. The van der Waals surface area contributed by atoms with Gasteiger partial charge in [-0.2, -0.15) is 0 Å². The lowest BCUT2D eigenvalue weighted by Crippen LogP contribution is -2.59. The Labute approximate surface area is 295 Å². The predicted molar refractivity (Wildman–Crippen MR) is 187 cm³/mol. The Hall–Kier alpha value is -2.12. The van der Waals surface area contributed by atoms with Crippen molar-refractivity contribution in [2.75, 3.05) is 13.2 Å². The summed E-state index contributed by atoms with van der Waals surface area (Å²) in [5.41, 5.74) is -1.53. The maximum atomic E-state index is 12.5. The maximum Gasteiger partial charge on any atom is 0.311 e. The number of carbonyl (C=O) groups is 4. The molecule has 278 valence electrons. The Kier molecular flexibility index (Phi) is 11.6. The van der Waals surface area contributed by atoms with E-state index in [9.17, 15) is 19.2 Å². The molecule has 0 amide bonds. The van der Waals surface area contributed by atoms with Crippen LogP contribution < -0.4 is 0 Å². The summed E-state index contributed by atoms with van der Waals surface area (Å²) in [5, 5.41) is 0. The topological polar surface area (TPSA) is 105 Å². The highest BCUT2D eigenvalue weighted by Crippen LogP contribution is 2.61. The molecule has 8 nitrogen and oxygen atoms in total. The smallest absolute Gasteiger partial charge is 0.311 e. The lowest BCUT2D eigenvalue weighted by Gasteiger charge is -2.60. The number of hydrogen-bond acceptors (Lipinski definition) is 8. The highest BCUT2D eigenvalue weighted by Gasteiger charge is 2.59. The second-order valence-electron chi connectivity index (χ2n) is 18.3. The molecule has 0 radical (unpaired) electrons. The summed E-state index contributed by atoms with van der Waals surface area (Å²) in [6.45, 7) is 16.0. The molecule has 0 atom stereocenters. The fourth-order valence-corrected chi connectivity index (χ4v) is 10.8. The van der Waals surface area contributed by atoms with E-state index in [0.29, 0.717) is 23.7 Å². The summed E-state index contributed by atoms with van der Waals surface area (Å²) in [6, 6.07) is 0. The first-order valence-corrected chi connectivity index (χ1v) is 19.8. The van der Waals surface area contributed by atoms with Crippen molar-refractivity contribution in [3.8, 4) is 0 Å². The van der Waals surface area contributed by atoms with Crippen molar-refractivity contribution < 1.29 is 38.1 Å². The van der Waals surface area contributed by atoms with Crippen LogP contribution in [0.15, 0.2) is 0 Å². The van der Waals surface area contributed by atoms with Gasteiger partial charge < -0.3 is 18.9 Å². The fourth-order valence-electron chi connectivity index (χ4n) is 10.8. The van der Waals surface area contributed by atoms with Crippen LogP contribution in [0.2, 0.25) is 0 Å². The average molecular weight is 687 g/mol. The van der Waals surface area contributed by atoms with Crippen LogP contribution in [0.25, 0.3) is 0 Å². The van der Waals surface area contributed by atoms with Gasteiger partial charge in [0.05, 0.1) is 23.7 Å². The molecule has 8 fully saturated rings. The zero-order valence-electron chi connectivity index (χ0n) is 31.9. The summed E-state index contributed by atoms with van der Waals surface area (Å²) in [7, 11) is 0. The Morgan fingerprint density at radius 3 is 1.24 bits per heavy atom. The van der Waals surface area contributed by atoms with Gasteiger partial charge in [0.2, 0.25) is 0 Å². The van der Waals surface area contributed by atoms with Gasteiger partial charge in [-0.3, -0.25) is 19.2 Å². The molecule has 0 unspecified atom stereocenters. The van der Waals surface area contributed by atoms with Crippen molar-refractivity contribution in [3.05, 3.63) is 0 Å². The molecule has 0 aromatic heterocycles. The molecule has 8 heteroatoms. The van der Waals surface area contributed by atoms with E-state index >= 15 is 0 Å². The minimum absolute atomic E-state index is 0.123. The Morgan fingerprint density at radius 1 is 0.551 bits per heavy atom.